The maximum absolute atomic E-state index is 12.9. The maximum atomic E-state index is 12.9. The number of hydrogen-bond acceptors (Lipinski definition) is 6. The molecule has 0 spiro atoms. The zero-order valence-electron chi connectivity index (χ0n) is 22.0. The number of methoxy groups -OCH3 is 2. The zero-order chi connectivity index (χ0) is 29.9. The van der Waals surface area contributed by atoms with E-state index in [0.29, 0.717) is 17.9 Å². The first kappa shape index (κ1) is 30.6. The fraction of sp³-hybridized carbons (Fsp3) is 0.379. The minimum absolute atomic E-state index is 0.0688. The van der Waals surface area contributed by atoms with Gasteiger partial charge in [0.25, 0.3) is 11.6 Å². The molecule has 2 saturated heterocycles. The van der Waals surface area contributed by atoms with Gasteiger partial charge in [0, 0.05) is 27.1 Å². The molecule has 2 aliphatic rings. The Morgan fingerprint density at radius 2 is 1.10 bits per heavy atom. The average molecular weight is 587 g/mol. The van der Waals surface area contributed by atoms with Crippen molar-refractivity contribution in [3.63, 3.8) is 0 Å². The minimum Gasteiger partial charge on any atom is -0.508 e. The summed E-state index contributed by atoms with van der Waals surface area (Å²) < 4.78 is 101. The van der Waals surface area contributed by atoms with Gasteiger partial charge in [0.2, 0.25) is 0 Å². The maximum Gasteiger partial charge on any atom is 0.446 e. The number of halogens is 6. The van der Waals surface area contributed by atoms with Gasteiger partial charge in [0.15, 0.2) is 0 Å². The lowest BCUT2D eigenvalue weighted by molar-refractivity contribution is -0.263. The van der Waals surface area contributed by atoms with E-state index in [1.54, 1.807) is 36.4 Å². The van der Waals surface area contributed by atoms with Crippen LogP contribution in [0, 0.1) is 0 Å². The summed E-state index contributed by atoms with van der Waals surface area (Å²) in [7, 11) is 1.98. The number of epoxide rings is 2. The quantitative estimate of drug-likeness (QED) is 0.233. The Bertz CT molecular complexity index is 1270. The third kappa shape index (κ3) is 6.95. The number of alkyl halides is 6. The highest BCUT2D eigenvalue weighted by Crippen LogP contribution is 2.52. The molecule has 2 aliphatic heterocycles. The normalized spacial score (nSPS) is 25.2. The molecule has 0 aromatic heterocycles. The molecular weight excluding hydrogens is 558 g/mol. The monoisotopic (exact) mass is 586 g/mol. The zero-order valence-corrected chi connectivity index (χ0v) is 22.0. The van der Waals surface area contributed by atoms with Gasteiger partial charge in [-0.15, -0.1) is 0 Å². The fourth-order valence-corrected chi connectivity index (χ4v) is 4.32. The number of rotatable bonds is 9. The molecule has 4 atom stereocenters. The molecule has 222 valence electrons. The van der Waals surface area contributed by atoms with Crippen molar-refractivity contribution in [2.24, 2.45) is 0 Å². The first-order valence-corrected chi connectivity index (χ1v) is 12.5. The van der Waals surface area contributed by atoms with E-state index in [1.807, 2.05) is 30.3 Å². The third-order valence-electron chi connectivity index (χ3n) is 6.71. The molecule has 3 aromatic rings. The van der Waals surface area contributed by atoms with Crippen molar-refractivity contribution in [2.45, 2.75) is 55.6 Å². The second-order valence-corrected chi connectivity index (χ2v) is 9.44. The van der Waals surface area contributed by atoms with E-state index in [-0.39, 0.29) is 18.6 Å². The highest BCUT2D eigenvalue weighted by molar-refractivity contribution is 5.29. The van der Waals surface area contributed by atoms with Crippen molar-refractivity contribution in [2.75, 3.05) is 14.2 Å². The second kappa shape index (κ2) is 11.9. The molecule has 2 heterocycles. The average Bonchev–Trinajstić information content (AvgIpc) is 3.84. The largest absolute Gasteiger partial charge is 0.508 e. The number of aromatic hydroxyl groups is 1. The number of phenolic OH excluding ortho intramolecular Hbond substituents is 1. The Kier molecular flexibility index (Phi) is 8.88. The van der Waals surface area contributed by atoms with Gasteiger partial charge >= 0.3 is 12.4 Å². The van der Waals surface area contributed by atoms with Gasteiger partial charge in [0.1, 0.15) is 30.3 Å². The molecule has 0 amide bonds. The summed E-state index contributed by atoms with van der Waals surface area (Å²) in [6.45, 7) is 0.437. The summed E-state index contributed by atoms with van der Waals surface area (Å²) >= 11 is 0. The SMILES string of the molecule is COC1(C(F)(F)F)OC1Cc1ccc(O)cc1.COC1(C(F)(F)F)OC1Cc1ccc(OCc2ccccc2)cc1. The first-order valence-electron chi connectivity index (χ1n) is 12.5. The lowest BCUT2D eigenvalue weighted by atomic mass is 10.1. The van der Waals surface area contributed by atoms with Crippen LogP contribution in [0.1, 0.15) is 16.7 Å². The number of phenols is 1. The van der Waals surface area contributed by atoms with Crippen molar-refractivity contribution in [3.8, 4) is 11.5 Å². The molecule has 6 nitrogen and oxygen atoms in total. The van der Waals surface area contributed by atoms with E-state index in [0.717, 1.165) is 25.3 Å². The summed E-state index contributed by atoms with van der Waals surface area (Å²) in [5.74, 6) is -4.20. The van der Waals surface area contributed by atoms with Crippen LogP contribution in [-0.2, 0) is 38.4 Å². The second-order valence-electron chi connectivity index (χ2n) is 9.44. The molecule has 2 fully saturated rings. The molecule has 3 aromatic carbocycles. The van der Waals surface area contributed by atoms with E-state index in [4.69, 9.17) is 14.6 Å². The van der Waals surface area contributed by atoms with Gasteiger partial charge in [0.05, 0.1) is 0 Å². The lowest BCUT2D eigenvalue weighted by Crippen LogP contribution is -2.37. The van der Waals surface area contributed by atoms with Gasteiger partial charge in [-0.3, -0.25) is 0 Å². The van der Waals surface area contributed by atoms with Crippen LogP contribution in [0.2, 0.25) is 0 Å². The molecule has 12 heteroatoms. The summed E-state index contributed by atoms with van der Waals surface area (Å²) in [6.07, 6.45) is -10.9. The standard InChI is InChI=1S/C18H17F3O3.C11H11F3O3/c1-22-17(18(19,20)21)16(24-17)11-13-7-9-15(10-8-13)23-12-14-5-3-2-4-6-14;1-16-10(11(12,13)14)9(17-10)6-7-2-4-8(15)5-3-7/h2-10,16H,11-12H2,1H3;2-5,9,15H,6H2,1H3. The minimum atomic E-state index is -4.54. The highest BCUT2D eigenvalue weighted by atomic mass is 19.4. The Balaban J connectivity index is 0.000000201. The number of benzene rings is 3. The van der Waals surface area contributed by atoms with E-state index < -0.39 is 36.1 Å². The molecule has 5 rings (SSSR count). The van der Waals surface area contributed by atoms with Crippen LogP contribution in [0.5, 0.6) is 11.5 Å². The highest BCUT2D eigenvalue weighted by Gasteiger charge is 2.75. The van der Waals surface area contributed by atoms with Gasteiger partial charge < -0.3 is 28.8 Å². The lowest BCUT2D eigenvalue weighted by Gasteiger charge is -2.14. The van der Waals surface area contributed by atoms with E-state index in [2.05, 4.69) is 14.2 Å². The van der Waals surface area contributed by atoms with Gasteiger partial charge in [-0.25, -0.2) is 0 Å². The van der Waals surface area contributed by atoms with Crippen molar-refractivity contribution in [1.29, 1.82) is 0 Å². The van der Waals surface area contributed by atoms with Crippen molar-refractivity contribution in [1.82, 2.24) is 0 Å². The first-order chi connectivity index (χ1) is 19.3. The molecule has 0 radical (unpaired) electrons. The molecule has 41 heavy (non-hydrogen) atoms. The summed E-state index contributed by atoms with van der Waals surface area (Å²) in [5, 5.41) is 9.05. The Hall–Kier alpha value is -3.32. The summed E-state index contributed by atoms with van der Waals surface area (Å²) in [4.78, 5) is 0. The van der Waals surface area contributed by atoms with Crippen LogP contribution in [-0.4, -0.2) is 55.5 Å². The Morgan fingerprint density at radius 1 is 0.659 bits per heavy atom. The van der Waals surface area contributed by atoms with Crippen LogP contribution in [0.4, 0.5) is 26.3 Å². The van der Waals surface area contributed by atoms with Crippen LogP contribution in [0.15, 0.2) is 78.9 Å². The van der Waals surface area contributed by atoms with Crippen LogP contribution >= 0.6 is 0 Å². The molecule has 0 saturated carbocycles. The molecule has 0 bridgehead atoms. The fourth-order valence-electron chi connectivity index (χ4n) is 4.32. The molecular formula is C29H28F6O6. The number of ether oxygens (including phenoxy) is 5. The van der Waals surface area contributed by atoms with Crippen LogP contribution in [0.25, 0.3) is 0 Å². The van der Waals surface area contributed by atoms with Crippen molar-refractivity contribution < 1.29 is 55.1 Å². The van der Waals surface area contributed by atoms with E-state index in [1.165, 1.54) is 12.1 Å². The van der Waals surface area contributed by atoms with Crippen LogP contribution < -0.4 is 4.74 Å². The van der Waals surface area contributed by atoms with Crippen molar-refractivity contribution >= 4 is 0 Å². The van der Waals surface area contributed by atoms with Gasteiger partial charge in [-0.05, 0) is 41.0 Å². The van der Waals surface area contributed by atoms with Crippen LogP contribution in [0.3, 0.4) is 0 Å². The summed E-state index contributed by atoms with van der Waals surface area (Å²) in [6, 6.07) is 22.6. The van der Waals surface area contributed by atoms with Crippen molar-refractivity contribution in [3.05, 3.63) is 95.6 Å². The predicted molar refractivity (Wildman–Crippen MR) is 134 cm³/mol. The summed E-state index contributed by atoms with van der Waals surface area (Å²) in [5.41, 5.74) is 2.43. The van der Waals surface area contributed by atoms with Gasteiger partial charge in [-0.2, -0.15) is 26.3 Å². The molecule has 1 N–H and O–H groups in total. The van der Waals surface area contributed by atoms with Gasteiger partial charge in [-0.1, -0.05) is 54.6 Å². The Morgan fingerprint density at radius 3 is 1.49 bits per heavy atom. The molecule has 4 unspecified atom stereocenters. The smallest absolute Gasteiger partial charge is 0.446 e. The van der Waals surface area contributed by atoms with E-state index in [9.17, 15) is 26.3 Å². The topological polar surface area (TPSA) is 73.0 Å². The molecule has 0 aliphatic carbocycles. The third-order valence-corrected chi connectivity index (χ3v) is 6.71. The number of hydrogen-bond donors (Lipinski definition) is 1. The predicted octanol–water partition coefficient (Wildman–Crippen LogP) is 6.35. The van der Waals surface area contributed by atoms with E-state index >= 15 is 0 Å². The Labute approximate surface area is 232 Å².